The second-order valence-corrected chi connectivity index (χ2v) is 5.78. The van der Waals surface area contributed by atoms with Crippen LogP contribution < -0.4 is 5.32 Å². The van der Waals surface area contributed by atoms with E-state index in [0.717, 1.165) is 0 Å². The van der Waals surface area contributed by atoms with E-state index in [-0.39, 0.29) is 11.6 Å². The van der Waals surface area contributed by atoms with E-state index in [1.54, 1.807) is 32.9 Å². The number of amides is 1. The first-order valence-electron chi connectivity index (χ1n) is 6.39. The van der Waals surface area contributed by atoms with Crippen LogP contribution in [0.25, 0.3) is 0 Å². The van der Waals surface area contributed by atoms with Gasteiger partial charge in [0.25, 0.3) is 0 Å². The minimum Gasteiger partial charge on any atom is -0.469 e. The molecular weight excluding hydrogens is 296 g/mol. The fourth-order valence-corrected chi connectivity index (χ4v) is 1.77. The molecule has 0 unspecified atom stereocenters. The molecule has 0 saturated heterocycles. The zero-order valence-electron chi connectivity index (χ0n) is 12.5. The summed E-state index contributed by atoms with van der Waals surface area (Å²) in [5.41, 5.74) is 0.0155. The smallest absolute Gasteiger partial charge is 0.408 e. The summed E-state index contributed by atoms with van der Waals surface area (Å²) in [7, 11) is 1.28. The Kier molecular flexibility index (Phi) is 5.96. The average molecular weight is 315 g/mol. The van der Waals surface area contributed by atoms with Gasteiger partial charge >= 0.3 is 12.1 Å². The van der Waals surface area contributed by atoms with Gasteiger partial charge in [-0.25, -0.2) is 9.78 Å². The molecule has 7 heteroatoms. The van der Waals surface area contributed by atoms with Crippen LogP contribution in [-0.2, 0) is 14.3 Å². The summed E-state index contributed by atoms with van der Waals surface area (Å²) in [4.78, 5) is 27.2. The topological polar surface area (TPSA) is 77.5 Å². The van der Waals surface area contributed by atoms with Crippen molar-refractivity contribution in [3.63, 3.8) is 0 Å². The summed E-state index contributed by atoms with van der Waals surface area (Å²) in [5.74, 6) is -0.455. The molecule has 0 spiro atoms. The third-order valence-electron chi connectivity index (χ3n) is 2.44. The van der Waals surface area contributed by atoms with Gasteiger partial charge in [0.15, 0.2) is 0 Å². The monoisotopic (exact) mass is 314 g/mol. The Morgan fingerprint density at radius 3 is 2.62 bits per heavy atom. The van der Waals surface area contributed by atoms with Gasteiger partial charge in [0.2, 0.25) is 0 Å². The number of aromatic nitrogens is 1. The first kappa shape index (κ1) is 17.2. The number of rotatable bonds is 4. The van der Waals surface area contributed by atoms with E-state index in [9.17, 15) is 9.59 Å². The summed E-state index contributed by atoms with van der Waals surface area (Å²) in [6.07, 6.45) is 0.846. The van der Waals surface area contributed by atoms with Crippen LogP contribution in [-0.4, -0.2) is 29.8 Å². The minimum absolute atomic E-state index is 0.0317. The number of pyridine rings is 1. The summed E-state index contributed by atoms with van der Waals surface area (Å²) in [6, 6.07) is 2.64. The quantitative estimate of drug-likeness (QED) is 0.683. The highest BCUT2D eigenvalue weighted by Crippen LogP contribution is 2.20. The highest BCUT2D eigenvalue weighted by molar-refractivity contribution is 6.29. The number of carbonyl (C=O) groups is 2. The van der Waals surface area contributed by atoms with Crippen LogP contribution >= 0.6 is 11.6 Å². The second kappa shape index (κ2) is 7.26. The molecule has 1 aromatic rings. The highest BCUT2D eigenvalue weighted by Gasteiger charge is 2.23. The van der Waals surface area contributed by atoms with Crippen LogP contribution in [0.3, 0.4) is 0 Å². The van der Waals surface area contributed by atoms with Crippen molar-refractivity contribution in [1.29, 1.82) is 0 Å². The maximum absolute atomic E-state index is 11.9. The minimum atomic E-state index is -0.629. The van der Waals surface area contributed by atoms with Crippen LogP contribution in [0.4, 0.5) is 4.79 Å². The van der Waals surface area contributed by atoms with Gasteiger partial charge in [-0.1, -0.05) is 11.6 Å². The van der Waals surface area contributed by atoms with Crippen molar-refractivity contribution < 1.29 is 19.1 Å². The van der Waals surface area contributed by atoms with Crippen molar-refractivity contribution >= 4 is 23.7 Å². The standard InChI is InChI=1S/C14H19ClN2O4/c1-14(2,3)21-13(19)17-10(8-12(18)20-4)9-5-6-16-11(15)7-9/h5-7,10H,8H2,1-4H3,(H,17,19)/t10-/m0/s1. The van der Waals surface area contributed by atoms with Crippen molar-refractivity contribution in [2.75, 3.05) is 7.11 Å². The van der Waals surface area contributed by atoms with E-state index in [1.807, 2.05) is 0 Å². The van der Waals surface area contributed by atoms with Crippen molar-refractivity contribution in [2.24, 2.45) is 0 Å². The predicted octanol–water partition coefficient (Wildman–Crippen LogP) is 2.86. The highest BCUT2D eigenvalue weighted by atomic mass is 35.5. The number of alkyl carbamates (subject to hydrolysis) is 1. The van der Waals surface area contributed by atoms with Gasteiger partial charge in [0.05, 0.1) is 19.6 Å². The number of ether oxygens (including phenoxy) is 2. The van der Waals surface area contributed by atoms with Crippen LogP contribution in [0.1, 0.15) is 38.8 Å². The van der Waals surface area contributed by atoms with Crippen LogP contribution in [0, 0.1) is 0 Å². The molecule has 0 aliphatic rings. The summed E-state index contributed by atoms with van der Waals surface area (Å²) in [6.45, 7) is 5.27. The van der Waals surface area contributed by atoms with Crippen molar-refractivity contribution in [3.8, 4) is 0 Å². The maximum atomic E-state index is 11.9. The number of hydrogen-bond donors (Lipinski definition) is 1. The lowest BCUT2D eigenvalue weighted by molar-refractivity contribution is -0.141. The molecule has 1 amide bonds. The number of hydrogen-bond acceptors (Lipinski definition) is 5. The van der Waals surface area contributed by atoms with Crippen molar-refractivity contribution in [3.05, 3.63) is 29.0 Å². The van der Waals surface area contributed by atoms with Gasteiger partial charge in [-0.2, -0.15) is 0 Å². The van der Waals surface area contributed by atoms with Gasteiger partial charge in [0.1, 0.15) is 10.8 Å². The SMILES string of the molecule is COC(=O)C[C@H](NC(=O)OC(C)(C)C)c1ccnc(Cl)c1. The molecule has 0 fully saturated rings. The summed E-state index contributed by atoms with van der Waals surface area (Å²) >= 11 is 5.83. The van der Waals surface area contributed by atoms with E-state index in [2.05, 4.69) is 15.0 Å². The van der Waals surface area contributed by atoms with Crippen molar-refractivity contribution in [2.45, 2.75) is 38.8 Å². The zero-order chi connectivity index (χ0) is 16.0. The first-order chi connectivity index (χ1) is 9.71. The van der Waals surface area contributed by atoms with Crippen molar-refractivity contribution in [1.82, 2.24) is 10.3 Å². The number of halogens is 1. The Balaban J connectivity index is 2.87. The number of esters is 1. The third-order valence-corrected chi connectivity index (χ3v) is 2.65. The fraction of sp³-hybridized carbons (Fsp3) is 0.500. The molecule has 0 aliphatic heterocycles. The van der Waals surface area contributed by atoms with Crippen LogP contribution in [0.15, 0.2) is 18.3 Å². The molecule has 1 heterocycles. The molecule has 0 aliphatic carbocycles. The molecular formula is C14H19ClN2O4. The Morgan fingerprint density at radius 2 is 2.10 bits per heavy atom. The lowest BCUT2D eigenvalue weighted by atomic mass is 10.1. The first-order valence-corrected chi connectivity index (χ1v) is 6.77. The molecule has 21 heavy (non-hydrogen) atoms. The van der Waals surface area contributed by atoms with Gasteiger partial charge < -0.3 is 14.8 Å². The normalized spacial score (nSPS) is 12.4. The lowest BCUT2D eigenvalue weighted by Gasteiger charge is -2.23. The van der Waals surface area contributed by atoms with Crippen LogP contribution in [0.5, 0.6) is 0 Å². The largest absolute Gasteiger partial charge is 0.469 e. The van der Waals surface area contributed by atoms with Gasteiger partial charge in [0, 0.05) is 6.20 Å². The maximum Gasteiger partial charge on any atom is 0.408 e. The van der Waals surface area contributed by atoms with E-state index in [1.165, 1.54) is 13.3 Å². The van der Waals surface area contributed by atoms with E-state index >= 15 is 0 Å². The molecule has 116 valence electrons. The Bertz CT molecular complexity index is 514. The Morgan fingerprint density at radius 1 is 1.43 bits per heavy atom. The molecule has 1 aromatic heterocycles. The molecule has 0 bridgehead atoms. The Hall–Kier alpha value is -1.82. The molecule has 6 nitrogen and oxygen atoms in total. The molecule has 1 atom stereocenters. The average Bonchev–Trinajstić information content (AvgIpc) is 2.35. The molecule has 1 rings (SSSR count). The third kappa shape index (κ3) is 6.44. The van der Waals surface area contributed by atoms with Crippen LogP contribution in [0.2, 0.25) is 5.15 Å². The van der Waals surface area contributed by atoms with E-state index in [0.29, 0.717) is 5.56 Å². The molecule has 0 radical (unpaired) electrons. The van der Waals surface area contributed by atoms with Gasteiger partial charge in [-0.15, -0.1) is 0 Å². The molecule has 0 saturated carbocycles. The molecule has 0 aromatic carbocycles. The van der Waals surface area contributed by atoms with Gasteiger partial charge in [-0.3, -0.25) is 4.79 Å². The second-order valence-electron chi connectivity index (χ2n) is 5.39. The zero-order valence-corrected chi connectivity index (χ0v) is 13.2. The molecule has 1 N–H and O–H groups in total. The van der Waals surface area contributed by atoms with E-state index < -0.39 is 23.7 Å². The fourth-order valence-electron chi connectivity index (χ4n) is 1.59. The van der Waals surface area contributed by atoms with Gasteiger partial charge in [-0.05, 0) is 38.5 Å². The lowest BCUT2D eigenvalue weighted by Crippen LogP contribution is -2.36. The number of carbonyl (C=O) groups excluding carboxylic acids is 2. The number of nitrogens with one attached hydrogen (secondary N) is 1. The van der Waals surface area contributed by atoms with E-state index in [4.69, 9.17) is 16.3 Å². The number of nitrogens with zero attached hydrogens (tertiary/aromatic N) is 1. The predicted molar refractivity (Wildman–Crippen MR) is 78.0 cm³/mol. The number of methoxy groups -OCH3 is 1. The summed E-state index contributed by atoms with van der Waals surface area (Å²) < 4.78 is 9.82. The summed E-state index contributed by atoms with van der Waals surface area (Å²) in [5, 5.41) is 2.91. The Labute approximate surface area is 128 Å².